The molecule has 0 bridgehead atoms. The highest BCUT2D eigenvalue weighted by atomic mass is 32.2. The molecule has 1 N–H and O–H groups in total. The molecule has 2 aliphatic heterocycles. The fraction of sp³-hybridized carbons (Fsp3) is 0.389. The van der Waals surface area contributed by atoms with Crippen molar-refractivity contribution in [2.24, 2.45) is 0 Å². The summed E-state index contributed by atoms with van der Waals surface area (Å²) >= 11 is 1.51. The van der Waals surface area contributed by atoms with Crippen LogP contribution in [0.15, 0.2) is 34.4 Å². The van der Waals surface area contributed by atoms with Crippen LogP contribution in [0.4, 0.5) is 10.6 Å². The zero-order chi connectivity index (χ0) is 20.2. The normalized spacial score (nSPS) is 22.0. The zero-order valence-electron chi connectivity index (χ0n) is 15.6. The number of carbonyl (C=O) groups excluding carboxylic acids is 1. The predicted molar refractivity (Wildman–Crippen MR) is 109 cm³/mol. The number of anilines is 1. The first-order chi connectivity index (χ1) is 14.0. The van der Waals surface area contributed by atoms with Crippen molar-refractivity contribution in [1.29, 1.82) is 0 Å². The number of urea groups is 1. The van der Waals surface area contributed by atoms with Crippen LogP contribution in [0.5, 0.6) is 0 Å². The summed E-state index contributed by atoms with van der Waals surface area (Å²) in [6, 6.07) is 5.19. The summed E-state index contributed by atoms with van der Waals surface area (Å²) < 4.78 is 31.9. The number of amides is 2. The summed E-state index contributed by atoms with van der Waals surface area (Å²) in [5.41, 5.74) is 3.30. The maximum Gasteiger partial charge on any atom is 0.326 e. The molecule has 11 heteroatoms. The van der Waals surface area contributed by atoms with Crippen molar-refractivity contribution in [3.8, 4) is 10.4 Å². The van der Waals surface area contributed by atoms with Crippen LogP contribution in [0, 0.1) is 0 Å². The van der Waals surface area contributed by atoms with Gasteiger partial charge in [-0.25, -0.2) is 17.9 Å². The molecule has 1 aromatic carbocycles. The molecule has 2 fully saturated rings. The second-order valence-corrected chi connectivity index (χ2v) is 10.1. The summed E-state index contributed by atoms with van der Waals surface area (Å²) in [7, 11) is -3.30. The van der Waals surface area contributed by atoms with E-state index in [0.717, 1.165) is 15.8 Å². The third kappa shape index (κ3) is 3.09. The molecule has 0 saturated carbocycles. The Balaban J connectivity index is 1.45. The van der Waals surface area contributed by atoms with Gasteiger partial charge in [-0.1, -0.05) is 17.3 Å². The number of fused-ring (bicyclic) bond motifs is 2. The van der Waals surface area contributed by atoms with Gasteiger partial charge in [-0.15, -0.1) is 11.3 Å². The van der Waals surface area contributed by atoms with Crippen LogP contribution in [0.25, 0.3) is 21.4 Å². The third-order valence-electron chi connectivity index (χ3n) is 5.44. The maximum atomic E-state index is 13.1. The first-order valence-corrected chi connectivity index (χ1v) is 11.9. The van der Waals surface area contributed by atoms with E-state index in [-0.39, 0.29) is 23.9 Å². The van der Waals surface area contributed by atoms with Gasteiger partial charge >= 0.3 is 6.03 Å². The van der Waals surface area contributed by atoms with E-state index in [4.69, 9.17) is 4.52 Å². The molecule has 5 rings (SSSR count). The average Bonchev–Trinajstić information content (AvgIpc) is 3.47. The Hall–Kier alpha value is -2.50. The molecule has 2 aliphatic rings. The van der Waals surface area contributed by atoms with Crippen molar-refractivity contribution in [3.05, 3.63) is 29.9 Å². The number of aromatic nitrogens is 2. The van der Waals surface area contributed by atoms with Crippen molar-refractivity contribution in [2.45, 2.75) is 25.4 Å². The minimum atomic E-state index is -3.30. The fourth-order valence-corrected chi connectivity index (χ4v) is 5.58. The first kappa shape index (κ1) is 18.5. The Bertz CT molecular complexity index is 1170. The molecule has 3 aromatic rings. The van der Waals surface area contributed by atoms with E-state index >= 15 is 0 Å². The Morgan fingerprint density at radius 2 is 2.21 bits per heavy atom. The van der Waals surface area contributed by atoms with Crippen LogP contribution in [0.1, 0.15) is 13.3 Å². The van der Waals surface area contributed by atoms with Crippen molar-refractivity contribution in [1.82, 2.24) is 19.8 Å². The second-order valence-electron chi connectivity index (χ2n) is 7.20. The smallest absolute Gasteiger partial charge is 0.326 e. The van der Waals surface area contributed by atoms with Gasteiger partial charge in [0.05, 0.1) is 27.6 Å². The van der Waals surface area contributed by atoms with Gasteiger partial charge in [-0.05, 0) is 19.4 Å². The lowest BCUT2D eigenvalue weighted by Gasteiger charge is -2.18. The highest BCUT2D eigenvalue weighted by Crippen LogP contribution is 2.39. The lowest BCUT2D eigenvalue weighted by Crippen LogP contribution is -2.41. The molecule has 0 radical (unpaired) electrons. The topological polar surface area (TPSA) is 109 Å². The molecule has 2 saturated heterocycles. The van der Waals surface area contributed by atoms with Crippen LogP contribution in [-0.2, 0) is 10.0 Å². The number of carbonyl (C=O) groups is 1. The van der Waals surface area contributed by atoms with Crippen LogP contribution in [0.3, 0.4) is 0 Å². The molecule has 2 aromatic heterocycles. The van der Waals surface area contributed by atoms with Gasteiger partial charge in [0, 0.05) is 30.9 Å². The molecule has 0 aliphatic carbocycles. The Labute approximate surface area is 171 Å². The van der Waals surface area contributed by atoms with Gasteiger partial charge in [0.25, 0.3) is 0 Å². The molecule has 152 valence electrons. The van der Waals surface area contributed by atoms with Gasteiger partial charge in [-0.3, -0.25) is 9.88 Å². The standard InChI is InChI=1S/C18H19N5O4S2/c1-2-29(25,26)21-11-6-12-9-23(18(24)22(12)8-11)17-16-13(15-7-19-10-28-15)4-3-5-14(16)27-20-17/h3-5,7,10-12,21H,2,6,8-9H2,1H3/t11-,12-/m0/s1. The summed E-state index contributed by atoms with van der Waals surface area (Å²) in [6.07, 6.45) is 2.36. The molecule has 29 heavy (non-hydrogen) atoms. The van der Waals surface area contributed by atoms with Gasteiger partial charge in [0.2, 0.25) is 10.0 Å². The summed E-state index contributed by atoms with van der Waals surface area (Å²) in [5, 5.41) is 4.98. The van der Waals surface area contributed by atoms with E-state index in [1.54, 1.807) is 28.4 Å². The SMILES string of the molecule is CCS(=O)(=O)N[C@H]1C[C@H]2CN(c3noc4cccc(-c5cncs5)c34)C(=O)N2C1. The second kappa shape index (κ2) is 6.78. The quantitative estimate of drug-likeness (QED) is 0.661. The summed E-state index contributed by atoms with van der Waals surface area (Å²) in [5.74, 6) is 0.522. The minimum absolute atomic E-state index is 0.0273. The minimum Gasteiger partial charge on any atom is -0.354 e. The lowest BCUT2D eigenvalue weighted by molar-refractivity contribution is 0.218. The molecule has 0 unspecified atom stereocenters. The van der Waals surface area contributed by atoms with E-state index in [9.17, 15) is 13.2 Å². The molecule has 9 nitrogen and oxygen atoms in total. The van der Waals surface area contributed by atoms with Gasteiger partial charge in [0.15, 0.2) is 11.4 Å². The summed E-state index contributed by atoms with van der Waals surface area (Å²) in [4.78, 5) is 21.6. The number of nitrogens with zero attached hydrogens (tertiary/aromatic N) is 4. The van der Waals surface area contributed by atoms with Gasteiger partial charge in [0.1, 0.15) is 0 Å². The Kier molecular flexibility index (Phi) is 4.33. The number of hydrogen-bond acceptors (Lipinski definition) is 7. The van der Waals surface area contributed by atoms with E-state index in [1.165, 1.54) is 11.3 Å². The largest absolute Gasteiger partial charge is 0.354 e. The highest BCUT2D eigenvalue weighted by Gasteiger charge is 2.46. The molecular formula is C18H19N5O4S2. The maximum absolute atomic E-state index is 13.1. The number of hydrogen-bond donors (Lipinski definition) is 1. The van der Waals surface area contributed by atoms with E-state index in [0.29, 0.717) is 30.9 Å². The van der Waals surface area contributed by atoms with Crippen LogP contribution in [-0.4, -0.2) is 60.4 Å². The third-order valence-corrected chi connectivity index (χ3v) is 7.70. The van der Waals surface area contributed by atoms with Gasteiger partial charge < -0.3 is 9.42 Å². The molecule has 4 heterocycles. The van der Waals surface area contributed by atoms with Gasteiger partial charge in [-0.2, -0.15) is 0 Å². The van der Waals surface area contributed by atoms with Crippen molar-refractivity contribution < 1.29 is 17.7 Å². The number of thiazole rings is 1. The van der Waals surface area contributed by atoms with E-state index < -0.39 is 10.0 Å². The van der Waals surface area contributed by atoms with Crippen molar-refractivity contribution in [3.63, 3.8) is 0 Å². The molecule has 2 amide bonds. The summed E-state index contributed by atoms with van der Waals surface area (Å²) in [6.45, 7) is 2.40. The zero-order valence-corrected chi connectivity index (χ0v) is 17.2. The number of sulfonamides is 1. The molecule has 0 spiro atoms. The van der Waals surface area contributed by atoms with E-state index in [1.807, 2.05) is 18.2 Å². The van der Waals surface area contributed by atoms with Crippen molar-refractivity contribution >= 4 is 44.2 Å². The van der Waals surface area contributed by atoms with Crippen LogP contribution < -0.4 is 9.62 Å². The lowest BCUT2D eigenvalue weighted by atomic mass is 10.1. The molecule has 2 atom stereocenters. The van der Waals surface area contributed by atoms with Crippen LogP contribution in [0.2, 0.25) is 0 Å². The van der Waals surface area contributed by atoms with Crippen molar-refractivity contribution in [2.75, 3.05) is 23.7 Å². The number of rotatable bonds is 5. The Morgan fingerprint density at radius 3 is 2.93 bits per heavy atom. The van der Waals surface area contributed by atoms with Crippen LogP contribution >= 0.6 is 11.3 Å². The predicted octanol–water partition coefficient (Wildman–Crippen LogP) is 2.27. The fourth-order valence-electron chi connectivity index (χ4n) is 4.08. The number of benzene rings is 1. The first-order valence-electron chi connectivity index (χ1n) is 9.32. The highest BCUT2D eigenvalue weighted by molar-refractivity contribution is 7.89. The Morgan fingerprint density at radius 1 is 1.34 bits per heavy atom. The average molecular weight is 434 g/mol. The molecular weight excluding hydrogens is 414 g/mol. The monoisotopic (exact) mass is 433 g/mol. The number of nitrogens with one attached hydrogen (secondary N) is 1. The van der Waals surface area contributed by atoms with E-state index in [2.05, 4.69) is 14.9 Å².